The van der Waals surface area contributed by atoms with E-state index in [0.717, 1.165) is 6.42 Å². The van der Waals surface area contributed by atoms with Gasteiger partial charge in [-0.25, -0.2) is 0 Å². The molecule has 0 saturated carbocycles. The number of esters is 2. The van der Waals surface area contributed by atoms with E-state index in [1.54, 1.807) is 13.8 Å². The molecule has 0 N–H and O–H groups in total. The van der Waals surface area contributed by atoms with Crippen LogP contribution in [0, 0.1) is 46.3 Å². The summed E-state index contributed by atoms with van der Waals surface area (Å²) in [6.45, 7) is 12.2. The van der Waals surface area contributed by atoms with Crippen molar-refractivity contribution in [3.63, 3.8) is 0 Å². The van der Waals surface area contributed by atoms with Gasteiger partial charge in [0.15, 0.2) is 0 Å². The number of ether oxygens (including phenoxy) is 2. The van der Waals surface area contributed by atoms with Gasteiger partial charge in [-0.05, 0) is 38.5 Å². The molecule has 0 radical (unpaired) electrons. The van der Waals surface area contributed by atoms with Crippen LogP contribution >= 0.6 is 0 Å². The van der Waals surface area contributed by atoms with E-state index in [4.69, 9.17) is 20.0 Å². The van der Waals surface area contributed by atoms with Crippen LogP contribution in [0.15, 0.2) is 9.15 Å². The summed E-state index contributed by atoms with van der Waals surface area (Å²) < 4.78 is 18.8. The number of carbonyl (C=O) groups is 2. The largest absolute Gasteiger partial charge is 1.00 e. The second-order valence-corrected chi connectivity index (χ2v) is 7.55. The number of nitriles is 2. The number of rotatable bonds is 11. The molecule has 0 aliphatic rings. The zero-order valence-electron chi connectivity index (χ0n) is 19.3. The Bertz CT molecular complexity index is 653. The number of nitrogens with zero attached hydrogens (tertiary/aromatic N) is 2. The Morgan fingerprint density at radius 3 is 1.83 bits per heavy atom. The summed E-state index contributed by atoms with van der Waals surface area (Å²) >= 11 is 0. The summed E-state index contributed by atoms with van der Waals surface area (Å²) in [6.07, 6.45) is 1.59. The molecule has 0 aromatic carbocycles. The maximum Gasteiger partial charge on any atom is 1.00 e. The minimum atomic E-state index is -0.715. The average Bonchev–Trinajstić information content (AvgIpc) is 3.45. The zero-order valence-corrected chi connectivity index (χ0v) is 21.3. The van der Waals surface area contributed by atoms with E-state index in [2.05, 4.69) is 21.3 Å². The van der Waals surface area contributed by atoms with Gasteiger partial charge in [0.2, 0.25) is 0 Å². The van der Waals surface area contributed by atoms with Crippen LogP contribution in [-0.4, -0.2) is 25.2 Å². The minimum Gasteiger partial charge on any atom is -0.467 e. The molecule has 9 heteroatoms. The van der Waals surface area contributed by atoms with Gasteiger partial charge in [0, 0.05) is 11.8 Å². The van der Waals surface area contributed by atoms with Crippen molar-refractivity contribution in [2.75, 3.05) is 13.2 Å². The molecule has 0 fully saturated rings. The molecular formula is C21H33N2NaO6. The van der Waals surface area contributed by atoms with Gasteiger partial charge < -0.3 is 18.6 Å². The molecule has 0 spiro atoms. The first-order valence-electron chi connectivity index (χ1n) is 10.0. The molecule has 1 unspecified atom stereocenters. The van der Waals surface area contributed by atoms with Crippen LogP contribution < -0.4 is 29.6 Å². The van der Waals surface area contributed by atoms with E-state index in [1.807, 2.05) is 27.7 Å². The number of carbonyl (C=O) groups excluding carboxylic acids is 2. The van der Waals surface area contributed by atoms with E-state index in [9.17, 15) is 9.59 Å². The SMILES string of the molecule is CCOC(=O)C([c-]1oo1)[C@@H](C#N)CC(C)C.CCOC(=O)C[C@@H](C#N)CC(C)C.[Na+]. The Hall–Kier alpha value is -1.61. The van der Waals surface area contributed by atoms with E-state index in [1.165, 1.54) is 0 Å². The van der Waals surface area contributed by atoms with Crippen molar-refractivity contribution < 1.29 is 57.8 Å². The first kappa shape index (κ1) is 30.6. The molecule has 0 saturated heterocycles. The Balaban J connectivity index is 0. The fourth-order valence-corrected chi connectivity index (χ4v) is 2.73. The van der Waals surface area contributed by atoms with Crippen molar-refractivity contribution in [1.82, 2.24) is 0 Å². The summed E-state index contributed by atoms with van der Waals surface area (Å²) in [5.41, 5.74) is 0. The van der Waals surface area contributed by atoms with Crippen molar-refractivity contribution in [2.24, 2.45) is 23.7 Å². The number of hydrogen-bond acceptors (Lipinski definition) is 8. The summed E-state index contributed by atoms with van der Waals surface area (Å²) in [5.74, 6) is -1.13. The zero-order chi connectivity index (χ0) is 22.4. The maximum absolute atomic E-state index is 11.7. The van der Waals surface area contributed by atoms with Crippen LogP contribution in [0.4, 0.5) is 0 Å². The third kappa shape index (κ3) is 13.6. The van der Waals surface area contributed by atoms with Gasteiger partial charge in [0.25, 0.3) is 5.97 Å². The molecule has 164 valence electrons. The van der Waals surface area contributed by atoms with Crippen molar-refractivity contribution in [3.05, 3.63) is 5.96 Å². The van der Waals surface area contributed by atoms with E-state index in [-0.39, 0.29) is 60.4 Å². The summed E-state index contributed by atoms with van der Waals surface area (Å²) in [5, 5.41) is 17.8. The first-order valence-corrected chi connectivity index (χ1v) is 10.0. The fourth-order valence-electron chi connectivity index (χ4n) is 2.73. The van der Waals surface area contributed by atoms with Crippen molar-refractivity contribution in [1.29, 1.82) is 10.5 Å². The van der Waals surface area contributed by atoms with Crippen LogP contribution in [0.5, 0.6) is 0 Å². The first-order chi connectivity index (χ1) is 13.7. The Morgan fingerprint density at radius 1 is 0.933 bits per heavy atom. The maximum atomic E-state index is 11.7. The minimum absolute atomic E-state index is 0. The van der Waals surface area contributed by atoms with Crippen LogP contribution in [0.25, 0.3) is 0 Å². The van der Waals surface area contributed by atoms with E-state index in [0.29, 0.717) is 24.9 Å². The molecule has 8 nitrogen and oxygen atoms in total. The van der Waals surface area contributed by atoms with Gasteiger partial charge in [-0.15, -0.1) is 0 Å². The van der Waals surface area contributed by atoms with Crippen molar-refractivity contribution >= 4 is 11.9 Å². The molecule has 3 atom stereocenters. The standard InChI is InChI=1S/C11H16NO4.C10H17NO2.Na/c1-4-14-10(13)9(11-15-16-11)8(6-12)5-7(2)3;1-4-13-10(12)6-9(7-11)5-8(2)3;/h7-9H,4-5H2,1-3H3;8-9H,4-6H2,1-3H3;/q-1;;+1/t8-,9?;9-;/m10./s1. The smallest absolute Gasteiger partial charge is 0.467 e. The molecule has 1 heterocycles. The predicted molar refractivity (Wildman–Crippen MR) is 104 cm³/mol. The fraction of sp³-hybridized carbons (Fsp3) is 0.762. The molecular weight excluding hydrogens is 399 g/mol. The summed E-state index contributed by atoms with van der Waals surface area (Å²) in [7, 11) is 0. The van der Waals surface area contributed by atoms with Gasteiger partial charge in [-0.1, -0.05) is 27.7 Å². The third-order valence-electron chi connectivity index (χ3n) is 3.92. The van der Waals surface area contributed by atoms with Gasteiger partial charge in [-0.3, -0.25) is 9.59 Å². The molecule has 1 rings (SSSR count). The van der Waals surface area contributed by atoms with Crippen LogP contribution in [-0.2, 0) is 19.1 Å². The van der Waals surface area contributed by atoms with Gasteiger partial charge >= 0.3 is 35.5 Å². The van der Waals surface area contributed by atoms with Crippen molar-refractivity contribution in [2.45, 2.75) is 66.7 Å². The second-order valence-electron chi connectivity index (χ2n) is 7.55. The van der Waals surface area contributed by atoms with E-state index >= 15 is 0 Å². The Kier molecular flexibility index (Phi) is 17.4. The molecule has 1 aromatic heterocycles. The molecule has 30 heavy (non-hydrogen) atoms. The summed E-state index contributed by atoms with van der Waals surface area (Å²) in [4.78, 5) is 22.7. The quantitative estimate of drug-likeness (QED) is 0.223. The van der Waals surface area contributed by atoms with Crippen molar-refractivity contribution in [3.8, 4) is 12.1 Å². The van der Waals surface area contributed by atoms with Gasteiger partial charge in [0.1, 0.15) is 0 Å². The van der Waals surface area contributed by atoms with Crippen LogP contribution in [0.1, 0.15) is 72.7 Å². The second kappa shape index (κ2) is 17.1. The average molecular weight is 432 g/mol. The predicted octanol–water partition coefficient (Wildman–Crippen LogP) is 1.55. The molecule has 0 aliphatic heterocycles. The normalized spacial score (nSPS) is 13.1. The Labute approximate surface area is 201 Å². The van der Waals surface area contributed by atoms with Crippen LogP contribution in [0.3, 0.4) is 0 Å². The molecule has 0 bridgehead atoms. The van der Waals surface area contributed by atoms with Gasteiger partial charge in [-0.2, -0.15) is 10.5 Å². The molecule has 0 amide bonds. The van der Waals surface area contributed by atoms with Crippen LogP contribution in [0.2, 0.25) is 0 Å². The summed E-state index contributed by atoms with van der Waals surface area (Å²) in [6, 6.07) is 4.23. The number of hydrogen-bond donors (Lipinski definition) is 0. The molecule has 0 aliphatic carbocycles. The monoisotopic (exact) mass is 432 g/mol. The third-order valence-corrected chi connectivity index (χ3v) is 3.92. The molecule has 1 aromatic rings. The topological polar surface area (TPSA) is 126 Å². The Morgan fingerprint density at radius 2 is 1.47 bits per heavy atom. The van der Waals surface area contributed by atoms with Gasteiger partial charge in [0.05, 0.1) is 43.6 Å². The van der Waals surface area contributed by atoms with E-state index < -0.39 is 17.8 Å².